The molecular weight excluding hydrogens is 262 g/mol. The van der Waals surface area contributed by atoms with E-state index in [0.29, 0.717) is 12.0 Å². The van der Waals surface area contributed by atoms with E-state index in [1.807, 2.05) is 30.3 Å². The summed E-state index contributed by atoms with van der Waals surface area (Å²) in [7, 11) is 3.45. The predicted octanol–water partition coefficient (Wildman–Crippen LogP) is 4.06. The average molecular weight is 283 g/mol. The van der Waals surface area contributed by atoms with Gasteiger partial charge < -0.3 is 14.8 Å². The van der Waals surface area contributed by atoms with Gasteiger partial charge in [-0.05, 0) is 42.5 Å². The van der Waals surface area contributed by atoms with Crippen molar-refractivity contribution in [2.24, 2.45) is 0 Å². The highest BCUT2D eigenvalue weighted by atomic mass is 16.5. The zero-order valence-corrected chi connectivity index (χ0v) is 12.5. The average Bonchev–Trinajstić information content (AvgIpc) is 2.51. The first-order valence-corrected chi connectivity index (χ1v) is 7.34. The van der Waals surface area contributed by atoms with E-state index >= 15 is 0 Å². The molecule has 0 spiro atoms. The lowest BCUT2D eigenvalue weighted by Crippen LogP contribution is -2.34. The van der Waals surface area contributed by atoms with E-state index in [2.05, 4.69) is 23.5 Å². The molecule has 2 aromatic rings. The monoisotopic (exact) mass is 283 g/mol. The molecule has 0 radical (unpaired) electrons. The van der Waals surface area contributed by atoms with Crippen molar-refractivity contribution in [3.05, 3.63) is 54.1 Å². The number of benzene rings is 2. The minimum atomic E-state index is 0.496. The second-order valence-electron chi connectivity index (χ2n) is 5.45. The molecule has 0 atom stereocenters. The molecule has 2 aromatic carbocycles. The molecule has 1 aliphatic carbocycles. The highest BCUT2D eigenvalue weighted by Gasteiger charge is 2.32. The van der Waals surface area contributed by atoms with Gasteiger partial charge in [-0.3, -0.25) is 0 Å². The maximum absolute atomic E-state index is 5.45. The summed E-state index contributed by atoms with van der Waals surface area (Å²) in [5.41, 5.74) is 2.39. The number of anilines is 1. The van der Waals surface area contributed by atoms with Crippen molar-refractivity contribution in [3.8, 4) is 11.5 Å². The molecule has 3 rings (SSSR count). The summed E-state index contributed by atoms with van der Waals surface area (Å²) in [4.78, 5) is 0. The number of methoxy groups -OCH3 is 2. The highest BCUT2D eigenvalue weighted by molar-refractivity contribution is 5.57. The topological polar surface area (TPSA) is 30.5 Å². The van der Waals surface area contributed by atoms with Gasteiger partial charge in [-0.25, -0.2) is 0 Å². The number of hydrogen-bond acceptors (Lipinski definition) is 3. The quantitative estimate of drug-likeness (QED) is 0.897. The van der Waals surface area contributed by atoms with E-state index in [-0.39, 0.29) is 0 Å². The van der Waals surface area contributed by atoms with Crippen LogP contribution in [-0.2, 0) is 0 Å². The summed E-state index contributed by atoms with van der Waals surface area (Å²) in [6.45, 7) is 0. The van der Waals surface area contributed by atoms with Gasteiger partial charge in [0, 0.05) is 6.04 Å². The lowest BCUT2D eigenvalue weighted by Gasteiger charge is -2.37. The smallest absolute Gasteiger partial charge is 0.141 e. The Bertz CT molecular complexity index is 606. The molecule has 3 heteroatoms. The van der Waals surface area contributed by atoms with E-state index in [9.17, 15) is 0 Å². The van der Waals surface area contributed by atoms with Gasteiger partial charge in [0.2, 0.25) is 0 Å². The van der Waals surface area contributed by atoms with Crippen LogP contribution in [0.5, 0.6) is 11.5 Å². The summed E-state index contributed by atoms with van der Waals surface area (Å²) in [5.74, 6) is 2.48. The van der Waals surface area contributed by atoms with Gasteiger partial charge >= 0.3 is 0 Å². The first kappa shape index (κ1) is 13.8. The standard InChI is InChI=1S/C18H21NO2/c1-20-17-9-5-3-7-15(17)13-11-14(12-13)19-16-8-4-6-10-18(16)21-2/h3-10,13-14,19H,11-12H2,1-2H3. The van der Waals surface area contributed by atoms with Crippen molar-refractivity contribution in [2.75, 3.05) is 19.5 Å². The third-order valence-electron chi connectivity index (χ3n) is 4.18. The minimum Gasteiger partial charge on any atom is -0.496 e. The fourth-order valence-electron chi connectivity index (χ4n) is 2.98. The van der Waals surface area contributed by atoms with Gasteiger partial charge in [-0.15, -0.1) is 0 Å². The van der Waals surface area contributed by atoms with E-state index < -0.39 is 0 Å². The van der Waals surface area contributed by atoms with Gasteiger partial charge in [0.15, 0.2) is 0 Å². The molecular formula is C18H21NO2. The molecule has 3 nitrogen and oxygen atoms in total. The van der Waals surface area contributed by atoms with Crippen LogP contribution in [0, 0.1) is 0 Å². The van der Waals surface area contributed by atoms with Crippen molar-refractivity contribution >= 4 is 5.69 Å². The zero-order chi connectivity index (χ0) is 14.7. The van der Waals surface area contributed by atoms with Crippen LogP contribution in [0.3, 0.4) is 0 Å². The Kier molecular flexibility index (Phi) is 4.00. The zero-order valence-electron chi connectivity index (χ0n) is 12.5. The first-order valence-electron chi connectivity index (χ1n) is 7.34. The molecule has 0 aliphatic heterocycles. The normalized spacial score (nSPS) is 20.5. The van der Waals surface area contributed by atoms with Gasteiger partial charge in [0.1, 0.15) is 11.5 Å². The van der Waals surface area contributed by atoms with Crippen molar-refractivity contribution in [3.63, 3.8) is 0 Å². The Morgan fingerprint density at radius 1 is 0.857 bits per heavy atom. The number of hydrogen-bond donors (Lipinski definition) is 1. The summed E-state index contributed by atoms with van der Waals surface area (Å²) < 4.78 is 10.8. The van der Waals surface area contributed by atoms with Crippen LogP contribution in [-0.4, -0.2) is 20.3 Å². The second-order valence-corrected chi connectivity index (χ2v) is 5.45. The number of ether oxygens (including phenoxy) is 2. The summed E-state index contributed by atoms with van der Waals surface area (Å²) in [5, 5.41) is 3.57. The van der Waals surface area contributed by atoms with Crippen LogP contribution in [0.15, 0.2) is 48.5 Å². The molecule has 0 amide bonds. The van der Waals surface area contributed by atoms with Crippen molar-refractivity contribution in [1.82, 2.24) is 0 Å². The van der Waals surface area contributed by atoms with Gasteiger partial charge in [0.05, 0.1) is 19.9 Å². The van der Waals surface area contributed by atoms with Gasteiger partial charge in [0.25, 0.3) is 0 Å². The third kappa shape index (κ3) is 2.82. The molecule has 0 bridgehead atoms. The number of para-hydroxylation sites is 3. The van der Waals surface area contributed by atoms with E-state index in [0.717, 1.165) is 30.0 Å². The summed E-state index contributed by atoms with van der Waals surface area (Å²) in [6, 6.07) is 16.9. The van der Waals surface area contributed by atoms with Crippen molar-refractivity contribution < 1.29 is 9.47 Å². The van der Waals surface area contributed by atoms with Crippen molar-refractivity contribution in [2.45, 2.75) is 24.8 Å². The molecule has 1 aliphatic rings. The largest absolute Gasteiger partial charge is 0.496 e. The Morgan fingerprint density at radius 3 is 2.19 bits per heavy atom. The van der Waals surface area contributed by atoms with Crippen molar-refractivity contribution in [1.29, 1.82) is 0 Å². The summed E-state index contributed by atoms with van der Waals surface area (Å²) >= 11 is 0. The SMILES string of the molecule is COc1ccccc1NC1CC(c2ccccc2OC)C1. The molecule has 0 aromatic heterocycles. The van der Waals surface area contributed by atoms with Crippen LogP contribution in [0.25, 0.3) is 0 Å². The Labute approximate surface area is 125 Å². The molecule has 1 N–H and O–H groups in total. The predicted molar refractivity (Wildman–Crippen MR) is 85.4 cm³/mol. The fraction of sp³-hybridized carbons (Fsp3) is 0.333. The van der Waals surface area contributed by atoms with Crippen LogP contribution in [0.1, 0.15) is 24.3 Å². The molecule has 0 saturated heterocycles. The minimum absolute atomic E-state index is 0.496. The van der Waals surface area contributed by atoms with Crippen LogP contribution in [0.2, 0.25) is 0 Å². The first-order chi connectivity index (χ1) is 10.3. The molecule has 110 valence electrons. The Balaban J connectivity index is 1.63. The molecule has 1 saturated carbocycles. The van der Waals surface area contributed by atoms with E-state index in [4.69, 9.17) is 9.47 Å². The third-order valence-corrected chi connectivity index (χ3v) is 4.18. The van der Waals surface area contributed by atoms with Gasteiger partial charge in [-0.1, -0.05) is 30.3 Å². The molecule has 21 heavy (non-hydrogen) atoms. The Morgan fingerprint density at radius 2 is 1.48 bits per heavy atom. The molecule has 0 heterocycles. The lowest BCUT2D eigenvalue weighted by atomic mass is 9.75. The number of nitrogens with one attached hydrogen (secondary N) is 1. The maximum atomic E-state index is 5.45. The van der Waals surface area contributed by atoms with E-state index in [1.54, 1.807) is 14.2 Å². The maximum Gasteiger partial charge on any atom is 0.141 e. The van der Waals surface area contributed by atoms with Crippen LogP contribution < -0.4 is 14.8 Å². The molecule has 0 unspecified atom stereocenters. The fourth-order valence-corrected chi connectivity index (χ4v) is 2.98. The highest BCUT2D eigenvalue weighted by Crippen LogP contribution is 2.42. The number of rotatable bonds is 5. The molecule has 1 fully saturated rings. The second kappa shape index (κ2) is 6.08. The van der Waals surface area contributed by atoms with Crippen LogP contribution >= 0.6 is 0 Å². The van der Waals surface area contributed by atoms with E-state index in [1.165, 1.54) is 5.56 Å². The Hall–Kier alpha value is -2.16. The van der Waals surface area contributed by atoms with Gasteiger partial charge in [-0.2, -0.15) is 0 Å². The lowest BCUT2D eigenvalue weighted by molar-refractivity contribution is 0.348. The summed E-state index contributed by atoms with van der Waals surface area (Å²) in [6.07, 6.45) is 2.25. The van der Waals surface area contributed by atoms with Crippen LogP contribution in [0.4, 0.5) is 5.69 Å².